The van der Waals surface area contributed by atoms with E-state index in [9.17, 15) is 14.4 Å². The van der Waals surface area contributed by atoms with Gasteiger partial charge in [0, 0.05) is 11.1 Å². The fourth-order valence-corrected chi connectivity index (χ4v) is 2.81. The second-order valence-corrected chi connectivity index (χ2v) is 5.38. The van der Waals surface area contributed by atoms with Gasteiger partial charge in [-0.15, -0.1) is 11.3 Å². The average molecular weight is 281 g/mol. The number of nitrogens with zero attached hydrogens (tertiary/aromatic N) is 2. The van der Waals surface area contributed by atoms with E-state index in [0.717, 1.165) is 9.78 Å². The largest absolute Gasteiger partial charge is 0.331 e. The lowest BCUT2D eigenvalue weighted by Crippen LogP contribution is -2.63. The zero-order valence-corrected chi connectivity index (χ0v) is 11.6. The van der Waals surface area contributed by atoms with Gasteiger partial charge in [-0.1, -0.05) is 13.8 Å². The molecule has 0 saturated carbocycles. The summed E-state index contributed by atoms with van der Waals surface area (Å²) in [6.45, 7) is 3.72. The Labute approximate surface area is 114 Å². The van der Waals surface area contributed by atoms with E-state index in [1.54, 1.807) is 25.6 Å². The molecule has 2 heterocycles. The number of carbonyl (C=O) groups is 3. The Morgan fingerprint density at radius 1 is 1.32 bits per heavy atom. The van der Waals surface area contributed by atoms with Gasteiger partial charge >= 0.3 is 6.03 Å². The first-order chi connectivity index (χ1) is 9.05. The van der Waals surface area contributed by atoms with E-state index in [0.29, 0.717) is 12.8 Å². The Morgan fingerprint density at radius 2 is 2.00 bits per heavy atom. The molecule has 0 bridgehead atoms. The van der Waals surface area contributed by atoms with Crippen LogP contribution >= 0.6 is 11.3 Å². The van der Waals surface area contributed by atoms with Gasteiger partial charge in [0.05, 0.1) is 12.1 Å². The van der Waals surface area contributed by atoms with Crippen molar-refractivity contribution in [2.75, 3.05) is 0 Å². The summed E-state index contributed by atoms with van der Waals surface area (Å²) in [5, 5.41) is 2.28. The van der Waals surface area contributed by atoms with Crippen LogP contribution in [0.25, 0.3) is 0 Å². The van der Waals surface area contributed by atoms with Gasteiger partial charge < -0.3 is 0 Å². The van der Waals surface area contributed by atoms with Crippen LogP contribution in [0, 0.1) is 5.41 Å². The molecule has 4 amide bonds. The number of hydrogen-bond donors (Lipinski definition) is 1. The summed E-state index contributed by atoms with van der Waals surface area (Å²) in [4.78, 5) is 42.1. The smallest absolute Gasteiger partial charge is 0.277 e. The molecular formula is C12H15N3O3S. The number of thiazole rings is 1. The lowest BCUT2D eigenvalue weighted by molar-refractivity contribution is -0.152. The zero-order valence-electron chi connectivity index (χ0n) is 10.8. The third kappa shape index (κ3) is 2.14. The van der Waals surface area contributed by atoms with Gasteiger partial charge in [-0.05, 0) is 12.8 Å². The molecule has 0 atom stereocenters. The third-order valence-electron chi connectivity index (χ3n) is 3.56. The number of amides is 4. The number of imide groups is 2. The highest BCUT2D eigenvalue weighted by Gasteiger charge is 2.51. The Balaban J connectivity index is 2.30. The van der Waals surface area contributed by atoms with Gasteiger partial charge in [0.15, 0.2) is 0 Å². The van der Waals surface area contributed by atoms with Gasteiger partial charge in [-0.3, -0.25) is 24.8 Å². The molecule has 1 N–H and O–H groups in total. The zero-order chi connectivity index (χ0) is 14.0. The highest BCUT2D eigenvalue weighted by Crippen LogP contribution is 2.33. The highest BCUT2D eigenvalue weighted by atomic mass is 32.1. The van der Waals surface area contributed by atoms with Crippen LogP contribution in [0.4, 0.5) is 4.79 Å². The molecule has 1 aromatic heterocycles. The normalized spacial score (nSPS) is 18.6. The Morgan fingerprint density at radius 3 is 2.53 bits per heavy atom. The molecule has 1 aliphatic rings. The summed E-state index contributed by atoms with van der Waals surface area (Å²) in [6.07, 6.45) is 2.36. The number of hydrogen-bond acceptors (Lipinski definition) is 5. The molecular weight excluding hydrogens is 266 g/mol. The van der Waals surface area contributed by atoms with Crippen LogP contribution in [-0.2, 0) is 16.1 Å². The number of aromatic nitrogens is 1. The average Bonchev–Trinajstić information content (AvgIpc) is 2.89. The Bertz CT molecular complexity index is 508. The van der Waals surface area contributed by atoms with E-state index in [4.69, 9.17) is 0 Å². The van der Waals surface area contributed by atoms with Crippen molar-refractivity contribution in [1.29, 1.82) is 0 Å². The second-order valence-electron chi connectivity index (χ2n) is 4.41. The molecule has 1 fully saturated rings. The van der Waals surface area contributed by atoms with Crippen molar-refractivity contribution in [2.24, 2.45) is 5.41 Å². The molecule has 6 nitrogen and oxygen atoms in total. The van der Waals surface area contributed by atoms with E-state index in [-0.39, 0.29) is 6.54 Å². The molecule has 1 saturated heterocycles. The van der Waals surface area contributed by atoms with Crippen LogP contribution < -0.4 is 5.32 Å². The molecule has 0 unspecified atom stereocenters. The number of nitrogens with one attached hydrogen (secondary N) is 1. The molecule has 7 heteroatoms. The number of carbonyl (C=O) groups excluding carboxylic acids is 3. The third-order valence-corrected chi connectivity index (χ3v) is 4.32. The number of urea groups is 1. The molecule has 1 aliphatic heterocycles. The minimum absolute atomic E-state index is 0.157. The SMILES string of the molecule is CCC1(CC)C(=O)NC(=O)N(Cc2cncs2)C1=O. The number of rotatable bonds is 4. The summed E-state index contributed by atoms with van der Waals surface area (Å²) >= 11 is 1.37. The van der Waals surface area contributed by atoms with Crippen LogP contribution in [0.15, 0.2) is 11.7 Å². The molecule has 102 valence electrons. The van der Waals surface area contributed by atoms with E-state index in [1.807, 2.05) is 0 Å². The topological polar surface area (TPSA) is 79.4 Å². The van der Waals surface area contributed by atoms with Crippen LogP contribution in [0.2, 0.25) is 0 Å². The molecule has 19 heavy (non-hydrogen) atoms. The molecule has 0 aliphatic carbocycles. The van der Waals surface area contributed by atoms with Gasteiger partial charge in [0.25, 0.3) is 0 Å². The maximum atomic E-state index is 12.5. The summed E-state index contributed by atoms with van der Waals surface area (Å²) in [5.41, 5.74) is 0.512. The van der Waals surface area contributed by atoms with Crippen LogP contribution in [0.5, 0.6) is 0 Å². The number of barbiturate groups is 1. The van der Waals surface area contributed by atoms with Gasteiger partial charge in [0.1, 0.15) is 5.41 Å². The van der Waals surface area contributed by atoms with Crippen LogP contribution in [0.1, 0.15) is 31.6 Å². The van der Waals surface area contributed by atoms with Crippen molar-refractivity contribution in [2.45, 2.75) is 33.2 Å². The first-order valence-corrected chi connectivity index (χ1v) is 6.98. The van der Waals surface area contributed by atoms with Crippen molar-refractivity contribution in [3.63, 3.8) is 0 Å². The van der Waals surface area contributed by atoms with Crippen LogP contribution in [0.3, 0.4) is 0 Å². The standard InChI is InChI=1S/C12H15N3O3S/c1-3-12(4-2)9(16)14-11(18)15(10(12)17)6-8-5-13-7-19-8/h5,7H,3-4,6H2,1-2H3,(H,14,16,18). The summed E-state index contributed by atoms with van der Waals surface area (Å²) < 4.78 is 0. The summed E-state index contributed by atoms with van der Waals surface area (Å²) in [7, 11) is 0. The quantitative estimate of drug-likeness (QED) is 0.849. The van der Waals surface area contributed by atoms with Crippen molar-refractivity contribution >= 4 is 29.2 Å². The van der Waals surface area contributed by atoms with E-state index in [2.05, 4.69) is 10.3 Å². The lowest BCUT2D eigenvalue weighted by Gasteiger charge is -2.37. The summed E-state index contributed by atoms with van der Waals surface area (Å²) in [5.74, 6) is -0.910. The van der Waals surface area contributed by atoms with Crippen molar-refractivity contribution < 1.29 is 14.4 Å². The second kappa shape index (κ2) is 5.08. The summed E-state index contributed by atoms with van der Waals surface area (Å²) in [6, 6.07) is -0.652. The fourth-order valence-electron chi connectivity index (χ4n) is 2.23. The minimum atomic E-state index is -1.13. The maximum Gasteiger partial charge on any atom is 0.331 e. The molecule has 0 spiro atoms. The first kappa shape index (κ1) is 13.7. The first-order valence-electron chi connectivity index (χ1n) is 6.10. The van der Waals surface area contributed by atoms with E-state index >= 15 is 0 Å². The monoisotopic (exact) mass is 281 g/mol. The van der Waals surface area contributed by atoms with Crippen molar-refractivity contribution in [3.05, 3.63) is 16.6 Å². The fraction of sp³-hybridized carbons (Fsp3) is 0.500. The minimum Gasteiger partial charge on any atom is -0.277 e. The van der Waals surface area contributed by atoms with Crippen molar-refractivity contribution in [1.82, 2.24) is 15.2 Å². The molecule has 0 radical (unpaired) electrons. The molecule has 0 aromatic carbocycles. The molecule has 1 aromatic rings. The van der Waals surface area contributed by atoms with E-state index < -0.39 is 23.3 Å². The van der Waals surface area contributed by atoms with Gasteiger partial charge in [-0.2, -0.15) is 0 Å². The van der Waals surface area contributed by atoms with Gasteiger partial charge in [0.2, 0.25) is 11.8 Å². The molecule has 2 rings (SSSR count). The maximum absolute atomic E-state index is 12.5. The predicted octanol–water partition coefficient (Wildman–Crippen LogP) is 1.53. The van der Waals surface area contributed by atoms with Crippen molar-refractivity contribution in [3.8, 4) is 0 Å². The Kier molecular flexibility index (Phi) is 3.66. The lowest BCUT2D eigenvalue weighted by atomic mass is 9.78. The Hall–Kier alpha value is -1.76. The van der Waals surface area contributed by atoms with Crippen LogP contribution in [-0.4, -0.2) is 27.7 Å². The predicted molar refractivity (Wildman–Crippen MR) is 69.2 cm³/mol. The van der Waals surface area contributed by atoms with Gasteiger partial charge in [-0.25, -0.2) is 4.79 Å². The highest BCUT2D eigenvalue weighted by molar-refractivity contribution is 7.09. The van der Waals surface area contributed by atoms with E-state index in [1.165, 1.54) is 11.3 Å².